The van der Waals surface area contributed by atoms with E-state index >= 15 is 0 Å². The summed E-state index contributed by atoms with van der Waals surface area (Å²) in [4.78, 5) is 6.35. The first-order valence-electron chi connectivity index (χ1n) is 8.76. The van der Waals surface area contributed by atoms with Crippen LogP contribution in [0.3, 0.4) is 0 Å². The lowest BCUT2D eigenvalue weighted by molar-refractivity contribution is -0.138. The van der Waals surface area contributed by atoms with Crippen molar-refractivity contribution in [2.24, 2.45) is 4.99 Å². The molecule has 0 atom stereocenters. The second-order valence-corrected chi connectivity index (χ2v) is 6.99. The normalized spacial score (nSPS) is 17.1. The van der Waals surface area contributed by atoms with Gasteiger partial charge in [0.2, 0.25) is 0 Å². The molecule has 1 aromatic carbocycles. The number of aliphatic imine (C=N–C) groups is 1. The number of benzene rings is 1. The minimum atomic E-state index is -4.62. The fourth-order valence-corrected chi connectivity index (χ4v) is 2.95. The highest BCUT2D eigenvalue weighted by molar-refractivity contribution is 5.79. The monoisotopic (exact) mass is 390 g/mol. The molecule has 9 heteroatoms. The van der Waals surface area contributed by atoms with Gasteiger partial charge >= 0.3 is 6.18 Å². The Bertz CT molecular complexity index is 655. The second kappa shape index (κ2) is 8.88. The molecule has 1 saturated heterocycles. The van der Waals surface area contributed by atoms with Gasteiger partial charge in [0.05, 0.1) is 18.8 Å². The molecule has 0 amide bonds. The summed E-state index contributed by atoms with van der Waals surface area (Å²) >= 11 is 0. The van der Waals surface area contributed by atoms with E-state index in [-0.39, 0.29) is 17.6 Å². The van der Waals surface area contributed by atoms with E-state index in [1.54, 1.807) is 7.05 Å². The van der Waals surface area contributed by atoms with Gasteiger partial charge in [0.15, 0.2) is 5.96 Å². The fourth-order valence-electron chi connectivity index (χ4n) is 2.95. The topological polar surface area (TPSA) is 48.9 Å². The molecule has 27 heavy (non-hydrogen) atoms. The Kier molecular flexibility index (Phi) is 7.05. The highest BCUT2D eigenvalue weighted by Gasteiger charge is 2.34. The summed E-state index contributed by atoms with van der Waals surface area (Å²) in [7, 11) is 1.55. The van der Waals surface area contributed by atoms with E-state index in [2.05, 4.69) is 34.4 Å². The van der Waals surface area contributed by atoms with Crippen molar-refractivity contribution in [2.45, 2.75) is 32.1 Å². The lowest BCUT2D eigenvalue weighted by Gasteiger charge is -2.41. The van der Waals surface area contributed by atoms with E-state index in [9.17, 15) is 17.6 Å². The first-order chi connectivity index (χ1) is 12.6. The molecule has 1 aliphatic rings. The number of nitrogens with zero attached hydrogens (tertiary/aromatic N) is 2. The molecule has 1 heterocycles. The Morgan fingerprint density at radius 2 is 1.85 bits per heavy atom. The van der Waals surface area contributed by atoms with Gasteiger partial charge in [0.1, 0.15) is 5.82 Å². The van der Waals surface area contributed by atoms with Crippen molar-refractivity contribution in [1.29, 1.82) is 0 Å². The van der Waals surface area contributed by atoms with E-state index in [1.165, 1.54) is 0 Å². The molecule has 5 nitrogen and oxygen atoms in total. The number of rotatable bonds is 5. The average Bonchev–Trinajstić information content (AvgIpc) is 2.62. The minimum absolute atomic E-state index is 0.0423. The third-order valence-electron chi connectivity index (χ3n) is 4.60. The molecule has 0 saturated carbocycles. The molecule has 1 aromatic rings. The first-order valence-corrected chi connectivity index (χ1v) is 8.76. The summed E-state index contributed by atoms with van der Waals surface area (Å²) < 4.78 is 57.8. The van der Waals surface area contributed by atoms with Crippen LogP contribution in [0.1, 0.15) is 25.0 Å². The van der Waals surface area contributed by atoms with E-state index in [0.29, 0.717) is 31.8 Å². The first kappa shape index (κ1) is 21.4. The quantitative estimate of drug-likeness (QED) is 0.461. The van der Waals surface area contributed by atoms with Gasteiger partial charge in [-0.25, -0.2) is 4.39 Å². The lowest BCUT2D eigenvalue weighted by Crippen LogP contribution is -2.56. The summed E-state index contributed by atoms with van der Waals surface area (Å²) in [6.45, 7) is 7.62. The summed E-state index contributed by atoms with van der Waals surface area (Å²) in [6.07, 6.45) is -4.62. The molecule has 2 rings (SSSR count). The van der Waals surface area contributed by atoms with Crippen LogP contribution in [0.5, 0.6) is 0 Å². The van der Waals surface area contributed by atoms with Crippen molar-refractivity contribution in [3.05, 3.63) is 35.1 Å². The van der Waals surface area contributed by atoms with Gasteiger partial charge in [-0.3, -0.25) is 9.89 Å². The maximum absolute atomic E-state index is 13.2. The van der Waals surface area contributed by atoms with Gasteiger partial charge < -0.3 is 15.4 Å². The largest absolute Gasteiger partial charge is 0.416 e. The summed E-state index contributed by atoms with van der Waals surface area (Å²) in [5.41, 5.74) is -1.20. The van der Waals surface area contributed by atoms with Crippen LogP contribution >= 0.6 is 0 Å². The molecule has 1 aliphatic heterocycles. The predicted molar refractivity (Wildman–Crippen MR) is 96.1 cm³/mol. The smallest absolute Gasteiger partial charge is 0.379 e. The van der Waals surface area contributed by atoms with Crippen LogP contribution in [0, 0.1) is 5.82 Å². The van der Waals surface area contributed by atoms with Crippen LogP contribution in [0.15, 0.2) is 23.2 Å². The Balaban J connectivity index is 1.96. The molecule has 0 aliphatic carbocycles. The predicted octanol–water partition coefficient (Wildman–Crippen LogP) is 2.62. The standard InChI is InChI=1S/C18H26F4N4O/c1-17(2,26-6-8-27-9-7-26)12-25-16(23-3)24-11-13-4-5-14(19)10-15(13)18(20,21)22/h4-5,10H,6-9,11-12H2,1-3H3,(H2,23,24,25). The lowest BCUT2D eigenvalue weighted by atomic mass is 10.0. The SMILES string of the molecule is CN=C(NCc1ccc(F)cc1C(F)(F)F)NCC(C)(C)N1CCOCC1. The van der Waals surface area contributed by atoms with Crippen molar-refractivity contribution in [3.8, 4) is 0 Å². The molecular formula is C18H26F4N4O. The molecule has 0 bridgehead atoms. The van der Waals surface area contributed by atoms with Gasteiger partial charge in [-0.1, -0.05) is 6.07 Å². The molecule has 0 unspecified atom stereocenters. The third-order valence-corrected chi connectivity index (χ3v) is 4.60. The summed E-state index contributed by atoms with van der Waals surface area (Å²) in [5.74, 6) is -0.533. The van der Waals surface area contributed by atoms with Gasteiger partial charge in [0, 0.05) is 38.8 Å². The van der Waals surface area contributed by atoms with E-state index in [4.69, 9.17) is 4.74 Å². The zero-order chi connectivity index (χ0) is 20.1. The van der Waals surface area contributed by atoms with Crippen LogP contribution in [-0.4, -0.2) is 56.3 Å². The Labute approximate surface area is 156 Å². The molecule has 2 N–H and O–H groups in total. The number of hydrogen-bond donors (Lipinski definition) is 2. The van der Waals surface area contributed by atoms with E-state index in [1.807, 2.05) is 0 Å². The maximum atomic E-state index is 13.2. The van der Waals surface area contributed by atoms with Gasteiger partial charge in [0.25, 0.3) is 0 Å². The number of morpholine rings is 1. The number of halogens is 4. The van der Waals surface area contributed by atoms with Crippen molar-refractivity contribution < 1.29 is 22.3 Å². The second-order valence-electron chi connectivity index (χ2n) is 6.99. The van der Waals surface area contributed by atoms with Crippen LogP contribution in [0.2, 0.25) is 0 Å². The molecule has 0 radical (unpaired) electrons. The van der Waals surface area contributed by atoms with Gasteiger partial charge in [-0.05, 0) is 31.5 Å². The van der Waals surface area contributed by atoms with E-state index in [0.717, 1.165) is 25.2 Å². The highest BCUT2D eigenvalue weighted by atomic mass is 19.4. The van der Waals surface area contributed by atoms with Crippen molar-refractivity contribution in [1.82, 2.24) is 15.5 Å². The molecule has 0 aromatic heterocycles. The molecule has 0 spiro atoms. The van der Waals surface area contributed by atoms with Gasteiger partial charge in [-0.2, -0.15) is 13.2 Å². The molecule has 1 fully saturated rings. The van der Waals surface area contributed by atoms with Crippen LogP contribution in [0.25, 0.3) is 0 Å². The maximum Gasteiger partial charge on any atom is 0.416 e. The molecule has 152 valence electrons. The van der Waals surface area contributed by atoms with Crippen molar-refractivity contribution in [2.75, 3.05) is 39.9 Å². The number of alkyl halides is 3. The van der Waals surface area contributed by atoms with Crippen LogP contribution < -0.4 is 10.6 Å². The summed E-state index contributed by atoms with van der Waals surface area (Å²) in [5, 5.41) is 6.01. The Morgan fingerprint density at radius 3 is 2.44 bits per heavy atom. The molecular weight excluding hydrogens is 364 g/mol. The minimum Gasteiger partial charge on any atom is -0.379 e. The van der Waals surface area contributed by atoms with Gasteiger partial charge in [-0.15, -0.1) is 0 Å². The van der Waals surface area contributed by atoms with Crippen molar-refractivity contribution >= 4 is 5.96 Å². The summed E-state index contributed by atoms with van der Waals surface area (Å²) in [6, 6.07) is 2.66. The Morgan fingerprint density at radius 1 is 1.19 bits per heavy atom. The van der Waals surface area contributed by atoms with E-state index < -0.39 is 17.6 Å². The average molecular weight is 390 g/mol. The number of guanidine groups is 1. The zero-order valence-electron chi connectivity index (χ0n) is 15.8. The Hall–Kier alpha value is -1.87. The van der Waals surface area contributed by atoms with Crippen LogP contribution in [-0.2, 0) is 17.5 Å². The van der Waals surface area contributed by atoms with Crippen LogP contribution in [0.4, 0.5) is 17.6 Å². The van der Waals surface area contributed by atoms with Crippen molar-refractivity contribution in [3.63, 3.8) is 0 Å². The highest BCUT2D eigenvalue weighted by Crippen LogP contribution is 2.32. The number of ether oxygens (including phenoxy) is 1. The number of nitrogens with one attached hydrogen (secondary N) is 2. The number of hydrogen-bond acceptors (Lipinski definition) is 3. The third kappa shape index (κ3) is 6.07. The zero-order valence-corrected chi connectivity index (χ0v) is 15.8. The fraction of sp³-hybridized carbons (Fsp3) is 0.611.